The van der Waals surface area contributed by atoms with Crippen molar-refractivity contribution in [3.05, 3.63) is 135 Å². The fraction of sp³-hybridized carbons (Fsp3) is 0.225. The Hall–Kier alpha value is -5.54. The Morgan fingerprint density at radius 3 is 2.08 bits per heavy atom. The summed E-state index contributed by atoms with van der Waals surface area (Å²) in [6.07, 6.45) is 2.60. The van der Waals surface area contributed by atoms with Crippen molar-refractivity contribution in [1.29, 1.82) is 0 Å². The topological polar surface area (TPSA) is 101 Å². The van der Waals surface area contributed by atoms with Gasteiger partial charge in [-0.25, -0.2) is 14.4 Å². The summed E-state index contributed by atoms with van der Waals surface area (Å²) in [6.45, 7) is 0.333. The van der Waals surface area contributed by atoms with Gasteiger partial charge in [0.2, 0.25) is 0 Å². The number of ether oxygens (including phenoxy) is 5. The van der Waals surface area contributed by atoms with E-state index in [2.05, 4.69) is 6.08 Å². The first-order valence-corrected chi connectivity index (χ1v) is 16.4. The van der Waals surface area contributed by atoms with E-state index in [0.29, 0.717) is 57.4 Å². The van der Waals surface area contributed by atoms with E-state index in [9.17, 15) is 14.4 Å². The first-order valence-electron chi connectivity index (χ1n) is 16.0. The number of esters is 3. The first kappa shape index (κ1) is 33.0. The number of rotatable bonds is 6. The summed E-state index contributed by atoms with van der Waals surface area (Å²) in [4.78, 5) is 44.2. The molecule has 9 nitrogen and oxygen atoms in total. The lowest BCUT2D eigenvalue weighted by atomic mass is 9.61. The molecule has 1 spiro atoms. The smallest absolute Gasteiger partial charge is 0.355 e. The number of methoxy groups -OCH3 is 5. The third-order valence-corrected chi connectivity index (χ3v) is 10.2. The number of carbonyl (C=O) groups excluding carboxylic acids is 3. The van der Waals surface area contributed by atoms with Gasteiger partial charge in [-0.2, -0.15) is 0 Å². The molecule has 2 aliphatic heterocycles. The molecular weight excluding hydrogens is 658 g/mol. The molecule has 10 heteroatoms. The quantitative estimate of drug-likeness (QED) is 0.161. The summed E-state index contributed by atoms with van der Waals surface area (Å²) < 4.78 is 27.7. The van der Waals surface area contributed by atoms with E-state index in [-0.39, 0.29) is 11.3 Å². The van der Waals surface area contributed by atoms with Crippen LogP contribution in [0, 0.1) is 0 Å². The van der Waals surface area contributed by atoms with Crippen LogP contribution in [0.3, 0.4) is 0 Å². The van der Waals surface area contributed by atoms with Crippen LogP contribution in [-0.2, 0) is 35.6 Å². The number of fused-ring (bicyclic) bond motifs is 8. The van der Waals surface area contributed by atoms with Crippen LogP contribution in [0.2, 0.25) is 5.02 Å². The fourth-order valence-corrected chi connectivity index (χ4v) is 8.09. The fourth-order valence-electron chi connectivity index (χ4n) is 7.97. The van der Waals surface area contributed by atoms with Crippen molar-refractivity contribution in [2.45, 2.75) is 17.8 Å². The summed E-state index contributed by atoms with van der Waals surface area (Å²) >= 11 is 6.45. The lowest BCUT2D eigenvalue weighted by molar-refractivity contribution is -0.141. The van der Waals surface area contributed by atoms with Gasteiger partial charge in [0.25, 0.3) is 0 Å². The third-order valence-electron chi connectivity index (χ3n) is 9.99. The van der Waals surface area contributed by atoms with E-state index in [0.717, 1.165) is 22.3 Å². The maximum Gasteiger partial charge on any atom is 0.355 e. The average molecular weight is 692 g/mol. The standard InChI is InChI=1S/C40H34ClNO8/c1-46-32-19-23-17-18-42-31(27(23)20-33(32)47-2)21-30(22-13-15-24(41)16-14-22)40(35(38(44)49-4)36(42)39(45)50-5)28-11-7-6-9-25(28)34-26(37(43)48-3)10-8-12-29(34)40/h6-16,19-21,30H,17-18H2,1-5H3. The van der Waals surface area contributed by atoms with Gasteiger partial charge >= 0.3 is 17.9 Å². The zero-order chi connectivity index (χ0) is 35.3. The summed E-state index contributed by atoms with van der Waals surface area (Å²) in [5.41, 5.74) is 4.92. The van der Waals surface area contributed by atoms with Crippen LogP contribution in [0.15, 0.2) is 96.2 Å². The lowest BCUT2D eigenvalue weighted by Crippen LogP contribution is -2.41. The van der Waals surface area contributed by atoms with Crippen LogP contribution in [0.1, 0.15) is 44.1 Å². The van der Waals surface area contributed by atoms with Gasteiger partial charge in [-0.05, 0) is 64.6 Å². The van der Waals surface area contributed by atoms with Crippen molar-refractivity contribution in [3.8, 4) is 22.6 Å². The second-order valence-electron chi connectivity index (χ2n) is 12.1. The van der Waals surface area contributed by atoms with Crippen LogP contribution < -0.4 is 9.47 Å². The zero-order valence-electron chi connectivity index (χ0n) is 28.2. The molecule has 0 N–H and O–H groups in total. The number of benzene rings is 4. The maximum atomic E-state index is 14.7. The van der Waals surface area contributed by atoms with Crippen molar-refractivity contribution in [3.63, 3.8) is 0 Å². The Labute approximate surface area is 294 Å². The van der Waals surface area contributed by atoms with E-state index in [4.69, 9.17) is 35.3 Å². The number of carbonyl (C=O) groups is 3. The molecule has 0 amide bonds. The maximum absolute atomic E-state index is 14.7. The molecule has 0 saturated carbocycles. The van der Waals surface area contributed by atoms with Crippen molar-refractivity contribution >= 4 is 35.2 Å². The Morgan fingerprint density at radius 1 is 0.740 bits per heavy atom. The lowest BCUT2D eigenvalue weighted by Gasteiger charge is -2.39. The highest BCUT2D eigenvalue weighted by Crippen LogP contribution is 2.63. The minimum Gasteiger partial charge on any atom is -0.493 e. The van der Waals surface area contributed by atoms with Crippen LogP contribution >= 0.6 is 11.6 Å². The monoisotopic (exact) mass is 691 g/mol. The largest absolute Gasteiger partial charge is 0.493 e. The predicted molar refractivity (Wildman–Crippen MR) is 187 cm³/mol. The molecule has 0 bridgehead atoms. The molecule has 50 heavy (non-hydrogen) atoms. The van der Waals surface area contributed by atoms with Crippen LogP contribution in [0.4, 0.5) is 0 Å². The van der Waals surface area contributed by atoms with E-state index in [1.54, 1.807) is 38.5 Å². The van der Waals surface area contributed by atoms with Gasteiger partial charge in [0, 0.05) is 34.3 Å². The van der Waals surface area contributed by atoms with E-state index < -0.39 is 29.2 Å². The minimum absolute atomic E-state index is 0.0358. The predicted octanol–water partition coefficient (Wildman–Crippen LogP) is 6.71. The number of allylic oxidation sites excluding steroid dienone is 1. The van der Waals surface area contributed by atoms with Crippen LogP contribution in [0.25, 0.3) is 16.8 Å². The molecule has 2 unspecified atom stereocenters. The second kappa shape index (κ2) is 12.7. The van der Waals surface area contributed by atoms with Gasteiger partial charge in [-0.3, -0.25) is 0 Å². The first-order chi connectivity index (χ1) is 24.2. The molecule has 0 radical (unpaired) electrons. The van der Waals surface area contributed by atoms with Crippen molar-refractivity contribution in [2.24, 2.45) is 0 Å². The summed E-state index contributed by atoms with van der Waals surface area (Å²) in [5, 5.41) is 0.532. The van der Waals surface area contributed by atoms with Gasteiger partial charge in [-0.1, -0.05) is 66.2 Å². The molecular formula is C40H34ClNO8. The Kier molecular flexibility index (Phi) is 8.40. The molecule has 0 fully saturated rings. The molecule has 1 aliphatic carbocycles. The highest BCUT2D eigenvalue weighted by atomic mass is 35.5. The zero-order valence-corrected chi connectivity index (χ0v) is 28.9. The van der Waals surface area contributed by atoms with Crippen molar-refractivity contribution in [2.75, 3.05) is 42.1 Å². The highest BCUT2D eigenvalue weighted by molar-refractivity contribution is 6.30. The van der Waals surface area contributed by atoms with Crippen molar-refractivity contribution < 1.29 is 38.1 Å². The molecule has 254 valence electrons. The van der Waals surface area contributed by atoms with E-state index >= 15 is 0 Å². The normalized spacial score (nSPS) is 18.6. The molecule has 7 rings (SSSR count). The van der Waals surface area contributed by atoms with Crippen molar-refractivity contribution in [1.82, 2.24) is 4.90 Å². The molecule has 0 saturated heterocycles. The van der Waals surface area contributed by atoms with Gasteiger partial charge in [0.15, 0.2) is 11.5 Å². The molecule has 2 atom stereocenters. The SMILES string of the molecule is COC(=O)C1=C(C(=O)OC)C2(c3ccccc3-c3c(C(=O)OC)cccc32)C(c2ccc(Cl)cc2)C=C2c3cc(OC)c(OC)cc3CCN21. The third kappa shape index (κ3) is 4.71. The van der Waals surface area contributed by atoms with Gasteiger partial charge < -0.3 is 28.6 Å². The summed E-state index contributed by atoms with van der Waals surface area (Å²) in [6, 6.07) is 24.2. The average Bonchev–Trinajstić information content (AvgIpc) is 3.37. The number of halogens is 1. The molecule has 2 heterocycles. The van der Waals surface area contributed by atoms with Gasteiger partial charge in [0.1, 0.15) is 5.70 Å². The molecule has 4 aromatic rings. The number of hydrogen-bond acceptors (Lipinski definition) is 9. The summed E-state index contributed by atoms with van der Waals surface area (Å²) in [7, 11) is 7.07. The number of hydrogen-bond donors (Lipinski definition) is 0. The van der Waals surface area contributed by atoms with Crippen LogP contribution in [-0.4, -0.2) is 64.9 Å². The van der Waals surface area contributed by atoms with Gasteiger partial charge in [-0.15, -0.1) is 0 Å². The Morgan fingerprint density at radius 2 is 1.40 bits per heavy atom. The summed E-state index contributed by atoms with van der Waals surface area (Å²) in [5.74, 6) is -1.55. The Balaban J connectivity index is 1.72. The van der Waals surface area contributed by atoms with Gasteiger partial charge in [0.05, 0.1) is 52.1 Å². The number of nitrogens with zero attached hydrogens (tertiary/aromatic N) is 1. The van der Waals surface area contributed by atoms with E-state index in [1.807, 2.05) is 59.5 Å². The van der Waals surface area contributed by atoms with E-state index in [1.165, 1.54) is 21.3 Å². The second-order valence-corrected chi connectivity index (χ2v) is 12.6. The minimum atomic E-state index is -1.42. The Bertz CT molecular complexity index is 2140. The molecule has 0 aromatic heterocycles. The molecule has 4 aromatic carbocycles. The highest BCUT2D eigenvalue weighted by Gasteiger charge is 2.58. The van der Waals surface area contributed by atoms with Crippen LogP contribution in [0.5, 0.6) is 11.5 Å². The molecule has 3 aliphatic rings.